The number of esters is 1. The van der Waals surface area contributed by atoms with E-state index in [1.165, 1.54) is 12.1 Å². The molecule has 0 aliphatic rings. The molecule has 0 atom stereocenters. The van der Waals surface area contributed by atoms with Crippen LogP contribution in [0, 0.1) is 10.1 Å². The quantitative estimate of drug-likeness (QED) is 0.277. The zero-order valence-corrected chi connectivity index (χ0v) is 15.3. The van der Waals surface area contributed by atoms with Gasteiger partial charge in [0.15, 0.2) is 6.61 Å². The lowest BCUT2D eigenvalue weighted by Crippen LogP contribution is -2.32. The Morgan fingerprint density at radius 2 is 1.86 bits per heavy atom. The largest absolute Gasteiger partial charge is 0.452 e. The number of nitrogens with one attached hydrogen (secondary N) is 2. The predicted molar refractivity (Wildman–Crippen MR) is 102 cm³/mol. The van der Waals surface area contributed by atoms with E-state index < -0.39 is 16.8 Å². The highest BCUT2D eigenvalue weighted by molar-refractivity contribution is 5.91. The van der Waals surface area contributed by atoms with Crippen LogP contribution in [0.3, 0.4) is 0 Å². The van der Waals surface area contributed by atoms with Crippen molar-refractivity contribution in [2.75, 3.05) is 32.1 Å². The number of carbonyl (C=O) groups is 2. The highest BCUT2D eigenvalue weighted by Crippen LogP contribution is 2.14. The van der Waals surface area contributed by atoms with Gasteiger partial charge in [0.2, 0.25) is 0 Å². The number of non-ortho nitro benzene ring substituents is 1. The van der Waals surface area contributed by atoms with E-state index in [9.17, 15) is 19.7 Å². The van der Waals surface area contributed by atoms with E-state index in [4.69, 9.17) is 9.47 Å². The summed E-state index contributed by atoms with van der Waals surface area (Å²) in [6.07, 6.45) is 0. The van der Waals surface area contributed by atoms with E-state index in [1.54, 1.807) is 37.4 Å². The smallest absolute Gasteiger partial charge is 0.338 e. The van der Waals surface area contributed by atoms with Crippen LogP contribution in [0.1, 0.15) is 15.9 Å². The summed E-state index contributed by atoms with van der Waals surface area (Å²) >= 11 is 0. The number of amides is 1. The van der Waals surface area contributed by atoms with Crippen LogP contribution in [0.2, 0.25) is 0 Å². The average molecular weight is 387 g/mol. The van der Waals surface area contributed by atoms with Crippen LogP contribution in [0.15, 0.2) is 48.5 Å². The SMILES string of the molecule is COCc1cccc(C(=O)OCC(=O)NCCNc2ccc([N+](=O)[O-])cc2)c1. The Bertz CT molecular complexity index is 823. The number of methoxy groups -OCH3 is 1. The zero-order chi connectivity index (χ0) is 20.4. The number of benzene rings is 2. The summed E-state index contributed by atoms with van der Waals surface area (Å²) in [5.41, 5.74) is 1.89. The lowest BCUT2D eigenvalue weighted by molar-refractivity contribution is -0.384. The first-order chi connectivity index (χ1) is 13.5. The van der Waals surface area contributed by atoms with Gasteiger partial charge in [-0.15, -0.1) is 0 Å². The average Bonchev–Trinajstić information content (AvgIpc) is 2.70. The summed E-state index contributed by atoms with van der Waals surface area (Å²) in [4.78, 5) is 33.9. The standard InChI is InChI=1S/C19H21N3O6/c1-27-12-14-3-2-4-15(11-14)19(24)28-13-18(23)21-10-9-20-16-5-7-17(8-6-16)22(25)26/h2-8,11,20H,9-10,12-13H2,1H3,(H,21,23). The Morgan fingerprint density at radius 3 is 2.54 bits per heavy atom. The number of nitro benzene ring substituents is 1. The number of nitro groups is 1. The van der Waals surface area contributed by atoms with Crippen molar-refractivity contribution in [1.29, 1.82) is 0 Å². The fourth-order valence-corrected chi connectivity index (χ4v) is 2.33. The van der Waals surface area contributed by atoms with Crippen molar-refractivity contribution in [2.24, 2.45) is 0 Å². The second kappa shape index (κ2) is 10.6. The Kier molecular flexibility index (Phi) is 7.92. The first kappa shape index (κ1) is 20.8. The molecule has 0 fully saturated rings. The first-order valence-electron chi connectivity index (χ1n) is 8.49. The molecule has 2 aromatic rings. The number of hydrogen-bond donors (Lipinski definition) is 2. The van der Waals surface area contributed by atoms with Crippen LogP contribution in [-0.2, 0) is 20.9 Å². The lowest BCUT2D eigenvalue weighted by Gasteiger charge is -2.09. The van der Waals surface area contributed by atoms with Gasteiger partial charge in [-0.1, -0.05) is 12.1 Å². The van der Waals surface area contributed by atoms with Gasteiger partial charge in [0.1, 0.15) is 0 Å². The number of anilines is 1. The fourth-order valence-electron chi connectivity index (χ4n) is 2.33. The normalized spacial score (nSPS) is 10.2. The molecule has 28 heavy (non-hydrogen) atoms. The van der Waals surface area contributed by atoms with Crippen molar-refractivity contribution in [3.05, 3.63) is 69.8 Å². The van der Waals surface area contributed by atoms with E-state index in [1.807, 2.05) is 6.07 Å². The predicted octanol–water partition coefficient (Wildman–Crippen LogP) is 2.13. The third-order valence-corrected chi connectivity index (χ3v) is 3.66. The molecule has 2 rings (SSSR count). The van der Waals surface area contributed by atoms with E-state index in [2.05, 4.69) is 10.6 Å². The van der Waals surface area contributed by atoms with Crippen LogP contribution in [-0.4, -0.2) is 43.6 Å². The molecule has 9 nitrogen and oxygen atoms in total. The zero-order valence-electron chi connectivity index (χ0n) is 15.3. The molecular formula is C19H21N3O6. The van der Waals surface area contributed by atoms with Gasteiger partial charge in [0.25, 0.3) is 11.6 Å². The second-order valence-corrected chi connectivity index (χ2v) is 5.79. The lowest BCUT2D eigenvalue weighted by atomic mass is 10.1. The van der Waals surface area contributed by atoms with Crippen LogP contribution >= 0.6 is 0 Å². The molecule has 9 heteroatoms. The van der Waals surface area contributed by atoms with E-state index >= 15 is 0 Å². The van der Waals surface area contributed by atoms with Gasteiger partial charge in [-0.05, 0) is 29.8 Å². The molecule has 0 aliphatic carbocycles. The van der Waals surface area contributed by atoms with Gasteiger partial charge in [0.05, 0.1) is 17.1 Å². The molecular weight excluding hydrogens is 366 g/mol. The Hall–Kier alpha value is -3.46. The van der Waals surface area contributed by atoms with Crippen molar-refractivity contribution in [1.82, 2.24) is 5.32 Å². The van der Waals surface area contributed by atoms with Crippen molar-refractivity contribution in [2.45, 2.75) is 6.61 Å². The topological polar surface area (TPSA) is 120 Å². The summed E-state index contributed by atoms with van der Waals surface area (Å²) in [6.45, 7) is 0.710. The molecule has 0 unspecified atom stereocenters. The maximum atomic E-state index is 12.0. The number of ether oxygens (including phenoxy) is 2. The van der Waals surface area contributed by atoms with Crippen LogP contribution < -0.4 is 10.6 Å². The van der Waals surface area contributed by atoms with E-state index in [-0.39, 0.29) is 12.3 Å². The molecule has 0 aromatic heterocycles. The van der Waals surface area contributed by atoms with Gasteiger partial charge >= 0.3 is 5.97 Å². The van der Waals surface area contributed by atoms with Crippen molar-refractivity contribution in [3.8, 4) is 0 Å². The molecule has 0 saturated heterocycles. The first-order valence-corrected chi connectivity index (χ1v) is 8.49. The number of hydrogen-bond acceptors (Lipinski definition) is 7. The molecule has 2 N–H and O–H groups in total. The Balaban J connectivity index is 1.67. The molecule has 0 heterocycles. The third kappa shape index (κ3) is 6.69. The van der Waals surface area contributed by atoms with Crippen LogP contribution in [0.5, 0.6) is 0 Å². The van der Waals surface area contributed by atoms with E-state index in [0.29, 0.717) is 30.9 Å². The second-order valence-electron chi connectivity index (χ2n) is 5.79. The molecule has 148 valence electrons. The van der Waals surface area contributed by atoms with Crippen molar-refractivity contribution in [3.63, 3.8) is 0 Å². The molecule has 0 radical (unpaired) electrons. The van der Waals surface area contributed by atoms with E-state index in [0.717, 1.165) is 5.56 Å². The summed E-state index contributed by atoms with van der Waals surface area (Å²) in [7, 11) is 1.56. The molecule has 0 bridgehead atoms. The summed E-state index contributed by atoms with van der Waals surface area (Å²) in [6, 6.07) is 12.7. The molecule has 1 amide bonds. The van der Waals surface area contributed by atoms with Gasteiger partial charge in [-0.3, -0.25) is 14.9 Å². The summed E-state index contributed by atoms with van der Waals surface area (Å²) in [5, 5.41) is 16.2. The maximum Gasteiger partial charge on any atom is 0.338 e. The van der Waals surface area contributed by atoms with Gasteiger partial charge < -0.3 is 20.1 Å². The van der Waals surface area contributed by atoms with Gasteiger partial charge in [-0.2, -0.15) is 0 Å². The molecule has 2 aromatic carbocycles. The third-order valence-electron chi connectivity index (χ3n) is 3.66. The van der Waals surface area contributed by atoms with Crippen LogP contribution in [0.25, 0.3) is 0 Å². The van der Waals surface area contributed by atoms with Crippen molar-refractivity contribution < 1.29 is 24.0 Å². The summed E-state index contributed by atoms with van der Waals surface area (Å²) < 4.78 is 10.0. The number of rotatable bonds is 10. The fraction of sp³-hybridized carbons (Fsp3) is 0.263. The van der Waals surface area contributed by atoms with Gasteiger partial charge in [0, 0.05) is 38.0 Å². The highest BCUT2D eigenvalue weighted by Gasteiger charge is 2.10. The summed E-state index contributed by atoms with van der Waals surface area (Å²) in [5.74, 6) is -1.01. The highest BCUT2D eigenvalue weighted by atomic mass is 16.6. The van der Waals surface area contributed by atoms with Crippen molar-refractivity contribution >= 4 is 23.3 Å². The Morgan fingerprint density at radius 1 is 1.11 bits per heavy atom. The maximum absolute atomic E-state index is 12.0. The minimum atomic E-state index is -0.586. The van der Waals surface area contributed by atoms with Gasteiger partial charge in [-0.25, -0.2) is 4.79 Å². The molecule has 0 spiro atoms. The number of nitrogens with zero attached hydrogens (tertiary/aromatic N) is 1. The van der Waals surface area contributed by atoms with Crippen LogP contribution in [0.4, 0.5) is 11.4 Å². The minimum Gasteiger partial charge on any atom is -0.452 e. The monoisotopic (exact) mass is 387 g/mol. The Labute approximate surface area is 161 Å². The number of carbonyl (C=O) groups excluding carboxylic acids is 2. The minimum absolute atomic E-state index is 0.00780. The molecule has 0 saturated carbocycles. The molecule has 0 aliphatic heterocycles.